The standard InChI is InChI=1S/C29H34N4O3/c1-2-29-15-8-4-3-5-11-22-19-36-24-14-7-6-13-23(24)26(22)31-27(35)21-12-9-10-20(16-21)18-33(25(34)17-29)28(30)32-29/h6-7,9-14,16,26H,2-5,8,15,17-19H2,1H3,(H2,30,32)(H,31,35)/b22-11+. The van der Waals surface area contributed by atoms with E-state index >= 15 is 0 Å². The van der Waals surface area contributed by atoms with Crippen molar-refractivity contribution in [1.82, 2.24) is 10.2 Å². The van der Waals surface area contributed by atoms with Gasteiger partial charge < -0.3 is 15.8 Å². The van der Waals surface area contributed by atoms with Crippen molar-refractivity contribution in [1.29, 1.82) is 0 Å². The number of fused-ring (bicyclic) bond motifs is 8. The molecule has 4 heterocycles. The fraction of sp³-hybridized carbons (Fsp3) is 0.414. The Morgan fingerprint density at radius 1 is 1.14 bits per heavy atom. The first-order valence-corrected chi connectivity index (χ1v) is 12.9. The zero-order valence-corrected chi connectivity index (χ0v) is 20.8. The fourth-order valence-corrected chi connectivity index (χ4v) is 5.45. The van der Waals surface area contributed by atoms with Crippen LogP contribution in [0, 0.1) is 0 Å². The van der Waals surface area contributed by atoms with Gasteiger partial charge in [0.25, 0.3) is 5.91 Å². The van der Waals surface area contributed by atoms with Crippen molar-refractivity contribution >= 4 is 17.8 Å². The van der Waals surface area contributed by atoms with Gasteiger partial charge in [-0.15, -0.1) is 0 Å². The monoisotopic (exact) mass is 486 g/mol. The summed E-state index contributed by atoms with van der Waals surface area (Å²) in [7, 11) is 0. The molecule has 0 spiro atoms. The van der Waals surface area contributed by atoms with Crippen molar-refractivity contribution in [2.24, 2.45) is 10.7 Å². The Bertz CT molecular complexity index is 1220. The van der Waals surface area contributed by atoms with Crippen LogP contribution >= 0.6 is 0 Å². The highest BCUT2D eigenvalue weighted by molar-refractivity contribution is 5.99. The summed E-state index contributed by atoms with van der Waals surface area (Å²) >= 11 is 0. The molecule has 2 amide bonds. The predicted molar refractivity (Wildman–Crippen MR) is 140 cm³/mol. The van der Waals surface area contributed by atoms with Crippen LogP contribution in [0.25, 0.3) is 0 Å². The molecule has 0 fully saturated rings. The number of carbonyl (C=O) groups excluding carboxylic acids is 2. The van der Waals surface area contributed by atoms with Gasteiger partial charge in [-0.05, 0) is 55.0 Å². The van der Waals surface area contributed by atoms with E-state index in [2.05, 4.69) is 18.3 Å². The maximum Gasteiger partial charge on any atom is 0.252 e. The molecule has 4 bridgehead atoms. The van der Waals surface area contributed by atoms with Gasteiger partial charge in [0.05, 0.1) is 24.5 Å². The minimum atomic E-state index is -0.421. The average Bonchev–Trinajstić information content (AvgIpc) is 2.89. The number of aliphatic imine (C=N–C) groups is 1. The van der Waals surface area contributed by atoms with Crippen molar-refractivity contribution in [3.63, 3.8) is 0 Å². The van der Waals surface area contributed by atoms with Gasteiger partial charge in [-0.3, -0.25) is 14.5 Å². The van der Waals surface area contributed by atoms with Crippen LogP contribution in [0.5, 0.6) is 5.75 Å². The number of hydrogen-bond acceptors (Lipinski definition) is 5. The van der Waals surface area contributed by atoms with E-state index in [0.717, 1.165) is 61.0 Å². The zero-order chi connectivity index (χ0) is 25.1. The van der Waals surface area contributed by atoms with Gasteiger partial charge in [-0.1, -0.05) is 56.2 Å². The number of nitrogens with one attached hydrogen (secondary N) is 1. The number of guanidine groups is 1. The van der Waals surface area contributed by atoms with E-state index < -0.39 is 5.54 Å². The normalized spacial score (nSPS) is 26.2. The second kappa shape index (κ2) is 10.2. The van der Waals surface area contributed by atoms with E-state index in [4.69, 9.17) is 15.5 Å². The summed E-state index contributed by atoms with van der Waals surface area (Å²) < 4.78 is 6.01. The quantitative estimate of drug-likeness (QED) is 0.574. The molecule has 188 valence electrons. The number of hydrogen-bond donors (Lipinski definition) is 2. The molecule has 7 heteroatoms. The number of nitrogens with two attached hydrogens (primary N) is 1. The van der Waals surface area contributed by atoms with Gasteiger partial charge in [0.1, 0.15) is 12.4 Å². The second-order valence-electron chi connectivity index (χ2n) is 10.0. The molecule has 0 aliphatic carbocycles. The van der Waals surface area contributed by atoms with E-state index in [1.54, 1.807) is 11.0 Å². The lowest BCUT2D eigenvalue weighted by Gasteiger charge is -2.37. The van der Waals surface area contributed by atoms with Crippen LogP contribution in [0.1, 0.15) is 79.4 Å². The summed E-state index contributed by atoms with van der Waals surface area (Å²) in [6, 6.07) is 15.0. The molecule has 3 N–H and O–H groups in total. The first-order valence-electron chi connectivity index (χ1n) is 12.9. The maximum absolute atomic E-state index is 13.4. The Morgan fingerprint density at radius 2 is 2.00 bits per heavy atom. The molecule has 6 rings (SSSR count). The van der Waals surface area contributed by atoms with Crippen LogP contribution in [-0.2, 0) is 11.3 Å². The Balaban J connectivity index is 1.49. The number of para-hydroxylation sites is 1. The van der Waals surface area contributed by atoms with E-state index in [1.807, 2.05) is 42.5 Å². The number of ether oxygens (including phenoxy) is 1. The first-order chi connectivity index (χ1) is 17.5. The largest absolute Gasteiger partial charge is 0.489 e. The SMILES string of the molecule is CCC12CCCCC/C=C3\COc4ccccc4C3NC(=O)c3cccc(c3)CN(C(=O)C1)C(N)=N2. The zero-order valence-electron chi connectivity index (χ0n) is 20.8. The highest BCUT2D eigenvalue weighted by Crippen LogP contribution is 2.36. The van der Waals surface area contributed by atoms with Crippen molar-refractivity contribution < 1.29 is 14.3 Å². The third-order valence-corrected chi connectivity index (χ3v) is 7.62. The smallest absolute Gasteiger partial charge is 0.252 e. The number of rotatable bonds is 1. The van der Waals surface area contributed by atoms with E-state index in [-0.39, 0.29) is 23.8 Å². The topological polar surface area (TPSA) is 97.0 Å². The van der Waals surface area contributed by atoms with Crippen LogP contribution in [0.4, 0.5) is 0 Å². The molecule has 4 aliphatic heterocycles. The Hall–Kier alpha value is -3.61. The molecule has 2 atom stereocenters. The van der Waals surface area contributed by atoms with Gasteiger partial charge in [0, 0.05) is 11.1 Å². The van der Waals surface area contributed by atoms with Gasteiger partial charge in [0.2, 0.25) is 5.91 Å². The molecule has 0 radical (unpaired) electrons. The van der Waals surface area contributed by atoms with Crippen molar-refractivity contribution in [3.8, 4) is 5.75 Å². The Kier molecular flexibility index (Phi) is 6.81. The molecule has 0 saturated heterocycles. The maximum atomic E-state index is 13.4. The fourth-order valence-electron chi connectivity index (χ4n) is 5.45. The van der Waals surface area contributed by atoms with Gasteiger partial charge >= 0.3 is 0 Å². The van der Waals surface area contributed by atoms with Crippen LogP contribution in [0.2, 0.25) is 0 Å². The Labute approximate surface area is 212 Å². The molecule has 7 nitrogen and oxygen atoms in total. The highest BCUT2D eigenvalue weighted by atomic mass is 16.5. The van der Waals surface area contributed by atoms with E-state index in [9.17, 15) is 9.59 Å². The molecular formula is C29H34N4O3. The molecule has 2 aromatic carbocycles. The molecular weight excluding hydrogens is 452 g/mol. The predicted octanol–water partition coefficient (Wildman–Crippen LogP) is 4.64. The van der Waals surface area contributed by atoms with Gasteiger partial charge in [0.15, 0.2) is 5.96 Å². The highest BCUT2D eigenvalue weighted by Gasteiger charge is 2.38. The summed E-state index contributed by atoms with van der Waals surface area (Å²) in [5, 5.41) is 3.23. The molecule has 2 unspecified atom stereocenters. The van der Waals surface area contributed by atoms with Crippen molar-refractivity contribution in [2.45, 2.75) is 70.0 Å². The van der Waals surface area contributed by atoms with Crippen LogP contribution in [0.3, 0.4) is 0 Å². The minimum absolute atomic E-state index is 0.00768. The average molecular weight is 487 g/mol. The summed E-state index contributed by atoms with van der Waals surface area (Å²) in [5.41, 5.74) is 9.33. The summed E-state index contributed by atoms with van der Waals surface area (Å²) in [5.74, 6) is 0.905. The number of benzene rings is 2. The van der Waals surface area contributed by atoms with Crippen LogP contribution < -0.4 is 15.8 Å². The number of allylic oxidation sites excluding steroid dienone is 1. The van der Waals surface area contributed by atoms with E-state index in [1.165, 1.54) is 0 Å². The first kappa shape index (κ1) is 24.1. The van der Waals surface area contributed by atoms with Crippen molar-refractivity contribution in [2.75, 3.05) is 6.61 Å². The molecule has 0 saturated carbocycles. The molecule has 2 aromatic rings. The molecule has 4 aliphatic rings. The lowest BCUT2D eigenvalue weighted by molar-refractivity contribution is -0.130. The summed E-state index contributed by atoms with van der Waals surface area (Å²) in [6.07, 6.45) is 8.17. The number of amides is 2. The summed E-state index contributed by atoms with van der Waals surface area (Å²) in [6.45, 7) is 2.84. The molecule has 0 aromatic heterocycles. The lowest BCUT2D eigenvalue weighted by Crippen LogP contribution is -2.51. The third-order valence-electron chi connectivity index (χ3n) is 7.62. The number of nitrogens with zero attached hydrogens (tertiary/aromatic N) is 2. The van der Waals surface area contributed by atoms with Gasteiger partial charge in [-0.2, -0.15) is 0 Å². The lowest BCUT2D eigenvalue weighted by atomic mass is 9.85. The Morgan fingerprint density at radius 3 is 2.83 bits per heavy atom. The third kappa shape index (κ3) is 4.87. The molecule has 36 heavy (non-hydrogen) atoms. The van der Waals surface area contributed by atoms with Crippen LogP contribution in [0.15, 0.2) is 65.2 Å². The minimum Gasteiger partial charge on any atom is -0.489 e. The van der Waals surface area contributed by atoms with Crippen molar-refractivity contribution in [3.05, 3.63) is 76.9 Å². The van der Waals surface area contributed by atoms with Crippen LogP contribution in [-0.4, -0.2) is 34.8 Å². The summed E-state index contributed by atoms with van der Waals surface area (Å²) in [4.78, 5) is 32.9. The second-order valence-corrected chi connectivity index (χ2v) is 10.0. The van der Waals surface area contributed by atoms with Gasteiger partial charge in [-0.25, -0.2) is 4.99 Å². The van der Waals surface area contributed by atoms with E-state index in [0.29, 0.717) is 25.1 Å². The number of carbonyl (C=O) groups is 2.